The van der Waals surface area contributed by atoms with E-state index in [-0.39, 0.29) is 0 Å². The summed E-state index contributed by atoms with van der Waals surface area (Å²) >= 11 is 1.48. The van der Waals surface area contributed by atoms with Gasteiger partial charge < -0.3 is 0 Å². The molecule has 16 heavy (non-hydrogen) atoms. The molecule has 2 heterocycles. The fraction of sp³-hybridized carbons (Fsp3) is 0. The highest BCUT2D eigenvalue weighted by Gasteiger charge is 2.07. The number of thiazole rings is 1. The lowest BCUT2D eigenvalue weighted by Gasteiger charge is -1.97. The molecule has 0 aliphatic carbocycles. The Morgan fingerprint density at radius 2 is 1.88 bits per heavy atom. The lowest BCUT2D eigenvalue weighted by Crippen LogP contribution is -1.83. The molecular formula is C11H6F2N2S. The Kier molecular flexibility index (Phi) is 2.00. The van der Waals surface area contributed by atoms with Crippen molar-refractivity contribution < 1.29 is 8.78 Å². The third kappa shape index (κ3) is 1.49. The van der Waals surface area contributed by atoms with Gasteiger partial charge in [-0.1, -0.05) is 0 Å². The van der Waals surface area contributed by atoms with Crippen molar-refractivity contribution in [1.29, 1.82) is 0 Å². The van der Waals surface area contributed by atoms with E-state index in [1.807, 2.05) is 16.0 Å². The average Bonchev–Trinajstić information content (AvgIpc) is 2.74. The van der Waals surface area contributed by atoms with Gasteiger partial charge in [0.2, 0.25) is 0 Å². The summed E-state index contributed by atoms with van der Waals surface area (Å²) in [6.07, 6.45) is 3.60. The Bertz CT molecular complexity index is 608. The maximum atomic E-state index is 13.0. The molecule has 3 rings (SSSR count). The lowest BCUT2D eigenvalue weighted by atomic mass is 10.1. The Hall–Kier alpha value is -1.75. The average molecular weight is 236 g/mol. The van der Waals surface area contributed by atoms with Crippen LogP contribution in [0.1, 0.15) is 0 Å². The number of rotatable bonds is 1. The first-order chi connectivity index (χ1) is 7.72. The zero-order chi connectivity index (χ0) is 11.1. The van der Waals surface area contributed by atoms with Gasteiger partial charge in [0.05, 0.1) is 5.69 Å². The minimum atomic E-state index is -0.591. The standard InChI is InChI=1S/C11H6F2N2S/c12-8-3-7(4-9(13)5-8)10-6-15-1-2-16-11(15)14-10/h1-6H. The van der Waals surface area contributed by atoms with Gasteiger partial charge in [-0.3, -0.25) is 4.40 Å². The number of imidazole rings is 1. The SMILES string of the molecule is Fc1cc(F)cc(-c2cn3ccsc3n2)c1. The van der Waals surface area contributed by atoms with Crippen LogP contribution in [0.15, 0.2) is 36.0 Å². The van der Waals surface area contributed by atoms with Crippen molar-refractivity contribution in [3.05, 3.63) is 47.6 Å². The zero-order valence-corrected chi connectivity index (χ0v) is 8.84. The molecule has 2 aromatic heterocycles. The van der Waals surface area contributed by atoms with Gasteiger partial charge in [-0.05, 0) is 12.1 Å². The highest BCUT2D eigenvalue weighted by Crippen LogP contribution is 2.23. The van der Waals surface area contributed by atoms with Crippen molar-refractivity contribution in [3.8, 4) is 11.3 Å². The summed E-state index contributed by atoms with van der Waals surface area (Å²) in [6.45, 7) is 0. The van der Waals surface area contributed by atoms with Crippen LogP contribution < -0.4 is 0 Å². The molecule has 0 atom stereocenters. The van der Waals surface area contributed by atoms with Crippen molar-refractivity contribution in [2.24, 2.45) is 0 Å². The number of aromatic nitrogens is 2. The summed E-state index contributed by atoms with van der Waals surface area (Å²) in [4.78, 5) is 5.08. The third-order valence-electron chi connectivity index (χ3n) is 2.25. The van der Waals surface area contributed by atoms with Crippen LogP contribution in [0.2, 0.25) is 0 Å². The minimum absolute atomic E-state index is 0.452. The van der Waals surface area contributed by atoms with Crippen molar-refractivity contribution in [3.63, 3.8) is 0 Å². The van der Waals surface area contributed by atoms with Gasteiger partial charge in [0.1, 0.15) is 11.6 Å². The summed E-state index contributed by atoms with van der Waals surface area (Å²) in [5.74, 6) is -1.18. The Morgan fingerprint density at radius 1 is 1.12 bits per heavy atom. The van der Waals surface area contributed by atoms with Crippen LogP contribution in [-0.2, 0) is 0 Å². The van der Waals surface area contributed by atoms with Gasteiger partial charge in [-0.2, -0.15) is 0 Å². The molecule has 80 valence electrons. The van der Waals surface area contributed by atoms with Crippen LogP contribution in [0.25, 0.3) is 16.2 Å². The van der Waals surface area contributed by atoms with Crippen LogP contribution in [0, 0.1) is 11.6 Å². The molecule has 0 N–H and O–H groups in total. The number of nitrogens with zero attached hydrogens (tertiary/aromatic N) is 2. The highest BCUT2D eigenvalue weighted by atomic mass is 32.1. The van der Waals surface area contributed by atoms with Crippen molar-refractivity contribution in [2.45, 2.75) is 0 Å². The van der Waals surface area contributed by atoms with Gasteiger partial charge in [-0.15, -0.1) is 11.3 Å². The van der Waals surface area contributed by atoms with Gasteiger partial charge in [-0.25, -0.2) is 13.8 Å². The third-order valence-corrected chi connectivity index (χ3v) is 3.02. The molecule has 3 aromatic rings. The maximum Gasteiger partial charge on any atom is 0.194 e. The topological polar surface area (TPSA) is 17.3 Å². The second kappa shape index (κ2) is 3.38. The van der Waals surface area contributed by atoms with Gasteiger partial charge >= 0.3 is 0 Å². The number of hydrogen-bond donors (Lipinski definition) is 0. The highest BCUT2D eigenvalue weighted by molar-refractivity contribution is 7.15. The summed E-state index contributed by atoms with van der Waals surface area (Å²) in [6, 6.07) is 3.40. The fourth-order valence-corrected chi connectivity index (χ4v) is 2.27. The van der Waals surface area contributed by atoms with Gasteiger partial charge in [0.25, 0.3) is 0 Å². The summed E-state index contributed by atoms with van der Waals surface area (Å²) in [5.41, 5.74) is 1.03. The van der Waals surface area contributed by atoms with E-state index in [1.165, 1.54) is 23.5 Å². The monoisotopic (exact) mass is 236 g/mol. The molecule has 0 unspecified atom stereocenters. The second-order valence-corrected chi connectivity index (χ2v) is 4.25. The first-order valence-corrected chi connectivity index (χ1v) is 5.49. The molecule has 0 saturated carbocycles. The predicted octanol–water partition coefficient (Wildman–Crippen LogP) is 3.34. The van der Waals surface area contributed by atoms with E-state index in [0.717, 1.165) is 11.0 Å². The summed E-state index contributed by atoms with van der Waals surface area (Å²) < 4.78 is 27.9. The molecule has 0 radical (unpaired) electrons. The van der Waals surface area contributed by atoms with Crippen LogP contribution in [0.5, 0.6) is 0 Å². The molecule has 1 aromatic carbocycles. The number of halogens is 2. The van der Waals surface area contributed by atoms with Crippen molar-refractivity contribution >= 4 is 16.3 Å². The number of fused-ring (bicyclic) bond motifs is 1. The van der Waals surface area contributed by atoms with Crippen LogP contribution >= 0.6 is 11.3 Å². The van der Waals surface area contributed by atoms with Crippen LogP contribution in [0.3, 0.4) is 0 Å². The largest absolute Gasteiger partial charge is 0.297 e. The van der Waals surface area contributed by atoms with Crippen LogP contribution in [-0.4, -0.2) is 9.38 Å². The molecule has 0 fully saturated rings. The van der Waals surface area contributed by atoms with Crippen LogP contribution in [0.4, 0.5) is 8.78 Å². The first kappa shape index (κ1) is 9.47. The molecule has 0 bridgehead atoms. The smallest absolute Gasteiger partial charge is 0.194 e. The van der Waals surface area contributed by atoms with E-state index < -0.39 is 11.6 Å². The van der Waals surface area contributed by atoms with Crippen molar-refractivity contribution in [2.75, 3.05) is 0 Å². The number of hydrogen-bond acceptors (Lipinski definition) is 2. The zero-order valence-electron chi connectivity index (χ0n) is 8.02. The molecule has 5 heteroatoms. The van der Waals surface area contributed by atoms with E-state index in [9.17, 15) is 8.78 Å². The van der Waals surface area contributed by atoms with E-state index >= 15 is 0 Å². The molecule has 0 aliphatic rings. The van der Waals surface area contributed by atoms with Crippen molar-refractivity contribution in [1.82, 2.24) is 9.38 Å². The lowest BCUT2D eigenvalue weighted by molar-refractivity contribution is 0.584. The number of benzene rings is 1. The van der Waals surface area contributed by atoms with E-state index in [2.05, 4.69) is 4.98 Å². The summed E-state index contributed by atoms with van der Waals surface area (Å²) in [7, 11) is 0. The molecule has 0 aliphatic heterocycles. The minimum Gasteiger partial charge on any atom is -0.297 e. The maximum absolute atomic E-state index is 13.0. The Balaban J connectivity index is 2.18. The van der Waals surface area contributed by atoms with E-state index in [1.54, 1.807) is 6.20 Å². The quantitative estimate of drug-likeness (QED) is 0.633. The predicted molar refractivity (Wildman–Crippen MR) is 58.4 cm³/mol. The summed E-state index contributed by atoms with van der Waals surface area (Å²) in [5, 5.41) is 1.90. The van der Waals surface area contributed by atoms with E-state index in [0.29, 0.717) is 11.3 Å². The molecular weight excluding hydrogens is 230 g/mol. The normalized spacial score (nSPS) is 11.1. The van der Waals surface area contributed by atoms with E-state index in [4.69, 9.17) is 0 Å². The Morgan fingerprint density at radius 3 is 2.56 bits per heavy atom. The second-order valence-electron chi connectivity index (χ2n) is 3.38. The molecule has 0 spiro atoms. The fourth-order valence-electron chi connectivity index (χ4n) is 1.57. The first-order valence-electron chi connectivity index (χ1n) is 4.61. The van der Waals surface area contributed by atoms with Gasteiger partial charge in [0.15, 0.2) is 4.96 Å². The molecule has 2 nitrogen and oxygen atoms in total. The Labute approximate surface area is 93.8 Å². The molecule has 0 saturated heterocycles. The van der Waals surface area contributed by atoms with Gasteiger partial charge in [0, 0.05) is 29.4 Å². The molecule has 0 amide bonds.